The number of hydrogen-bond donors (Lipinski definition) is 2. The van der Waals surface area contributed by atoms with Crippen LogP contribution >= 0.6 is 0 Å². The Morgan fingerprint density at radius 3 is 2.32 bits per heavy atom. The van der Waals surface area contributed by atoms with Gasteiger partial charge in [-0.15, -0.1) is 0 Å². The quantitative estimate of drug-likeness (QED) is 0.523. The van der Waals surface area contributed by atoms with Gasteiger partial charge < -0.3 is 24.6 Å². The zero-order valence-electron chi connectivity index (χ0n) is 20.7. The third-order valence-corrected chi connectivity index (χ3v) is 6.79. The van der Waals surface area contributed by atoms with Gasteiger partial charge in [0, 0.05) is 44.4 Å². The molecule has 0 spiro atoms. The van der Waals surface area contributed by atoms with Crippen LogP contribution in [0.15, 0.2) is 59.7 Å². The smallest absolute Gasteiger partial charge is 0.320 e. The number of H-pyrrole nitrogens is 1. The summed E-state index contributed by atoms with van der Waals surface area (Å²) in [5.74, 6) is 5.98. The monoisotopic (exact) mass is 499 g/mol. The number of nitrogens with one attached hydrogen (secondary N) is 1. The Hall–Kier alpha value is -4.13. The topological polar surface area (TPSA) is 102 Å². The molecule has 3 heterocycles. The molecule has 5 rings (SSSR count). The molecule has 0 saturated carbocycles. The van der Waals surface area contributed by atoms with E-state index in [0.29, 0.717) is 6.54 Å². The first-order valence-corrected chi connectivity index (χ1v) is 12.3. The van der Waals surface area contributed by atoms with Gasteiger partial charge in [0.05, 0.1) is 32.1 Å². The van der Waals surface area contributed by atoms with Crippen molar-refractivity contribution in [1.82, 2.24) is 24.7 Å². The first-order chi connectivity index (χ1) is 18.0. The molecule has 0 radical (unpaired) electrons. The third kappa shape index (κ3) is 5.66. The van der Waals surface area contributed by atoms with Crippen LogP contribution in [0.1, 0.15) is 34.0 Å². The van der Waals surface area contributed by atoms with Gasteiger partial charge in [-0.2, -0.15) is 0 Å². The molecule has 1 unspecified atom stereocenters. The van der Waals surface area contributed by atoms with E-state index in [1.807, 2.05) is 24.3 Å². The van der Waals surface area contributed by atoms with Gasteiger partial charge in [-0.05, 0) is 35.4 Å². The number of aromatic amines is 1. The first-order valence-electron chi connectivity index (χ1n) is 12.3. The maximum absolute atomic E-state index is 12.8. The lowest BCUT2D eigenvalue weighted by atomic mass is 10.0. The molecule has 2 fully saturated rings. The van der Waals surface area contributed by atoms with Crippen molar-refractivity contribution >= 4 is 6.03 Å². The molecule has 0 aliphatic carbocycles. The molecule has 2 aromatic carbocycles. The minimum atomic E-state index is -0.623. The summed E-state index contributed by atoms with van der Waals surface area (Å²) in [6.07, 6.45) is 1.22. The van der Waals surface area contributed by atoms with Crippen molar-refractivity contribution in [3.8, 4) is 17.6 Å². The van der Waals surface area contributed by atoms with Gasteiger partial charge in [0.2, 0.25) is 5.75 Å². The number of morpholine rings is 1. The van der Waals surface area contributed by atoms with E-state index in [2.05, 4.69) is 51.0 Å². The molecule has 2 N–H and O–H groups in total. The van der Waals surface area contributed by atoms with Crippen molar-refractivity contribution in [2.75, 3.05) is 39.9 Å². The van der Waals surface area contributed by atoms with Crippen molar-refractivity contribution < 1.29 is 14.6 Å². The van der Waals surface area contributed by atoms with Gasteiger partial charge in [-0.25, -0.2) is 9.78 Å². The highest BCUT2D eigenvalue weighted by molar-refractivity contribution is 5.77. The van der Waals surface area contributed by atoms with E-state index < -0.39 is 11.3 Å². The van der Waals surface area contributed by atoms with Crippen molar-refractivity contribution in [3.63, 3.8) is 0 Å². The van der Waals surface area contributed by atoms with Crippen LogP contribution in [0.5, 0.6) is 5.75 Å². The van der Waals surface area contributed by atoms with Crippen LogP contribution in [0.4, 0.5) is 4.79 Å². The Morgan fingerprint density at radius 2 is 1.65 bits per heavy atom. The highest BCUT2D eigenvalue weighted by Crippen LogP contribution is 2.29. The molecule has 2 aliphatic heterocycles. The van der Waals surface area contributed by atoms with Gasteiger partial charge in [0.15, 0.2) is 0 Å². The molecule has 190 valence electrons. The van der Waals surface area contributed by atoms with Crippen LogP contribution in [0.2, 0.25) is 0 Å². The van der Waals surface area contributed by atoms with Crippen LogP contribution in [-0.2, 0) is 17.8 Å². The predicted octanol–water partition coefficient (Wildman–Crippen LogP) is 2.32. The SMILES string of the molecule is CN1C(=O)N(Cc2nc[nH]c(=O)c2O)CC1c1ccc(C#Cc2ccc(CN3CCOCC3)cc2)cc1. The molecule has 2 amide bonds. The van der Waals surface area contributed by atoms with E-state index in [9.17, 15) is 14.7 Å². The number of rotatable bonds is 5. The zero-order valence-corrected chi connectivity index (χ0v) is 20.7. The summed E-state index contributed by atoms with van der Waals surface area (Å²) in [7, 11) is 1.74. The second-order valence-electron chi connectivity index (χ2n) is 9.27. The molecule has 3 aromatic rings. The van der Waals surface area contributed by atoms with Gasteiger partial charge in [-0.1, -0.05) is 36.1 Å². The average Bonchev–Trinajstić information content (AvgIpc) is 3.20. The Labute approximate surface area is 215 Å². The number of ether oxygens (including phenoxy) is 1. The summed E-state index contributed by atoms with van der Waals surface area (Å²) in [5.41, 5.74) is 3.66. The van der Waals surface area contributed by atoms with E-state index in [-0.39, 0.29) is 24.3 Å². The van der Waals surface area contributed by atoms with Crippen LogP contribution in [0, 0.1) is 11.8 Å². The van der Waals surface area contributed by atoms with E-state index >= 15 is 0 Å². The minimum Gasteiger partial charge on any atom is -0.502 e. The molecule has 9 heteroatoms. The fourth-order valence-electron chi connectivity index (χ4n) is 4.60. The molecule has 37 heavy (non-hydrogen) atoms. The van der Waals surface area contributed by atoms with Gasteiger partial charge >= 0.3 is 6.03 Å². The number of carbonyl (C=O) groups is 1. The number of nitrogens with zero attached hydrogens (tertiary/aromatic N) is 4. The van der Waals surface area contributed by atoms with Gasteiger partial charge in [0.1, 0.15) is 5.69 Å². The number of likely N-dealkylation sites (N-methyl/N-ethyl adjacent to an activating group) is 1. The Balaban J connectivity index is 1.21. The Kier molecular flexibility index (Phi) is 7.21. The highest BCUT2D eigenvalue weighted by atomic mass is 16.5. The summed E-state index contributed by atoms with van der Waals surface area (Å²) in [6.45, 7) is 4.94. The number of benzene rings is 2. The fourth-order valence-corrected chi connectivity index (χ4v) is 4.60. The molecule has 1 aromatic heterocycles. The van der Waals surface area contributed by atoms with Crippen LogP contribution < -0.4 is 5.56 Å². The fraction of sp³-hybridized carbons (Fsp3) is 0.321. The number of amides is 2. The Bertz CT molecular complexity index is 1370. The van der Waals surface area contributed by atoms with Crippen LogP contribution in [-0.4, -0.2) is 75.7 Å². The second-order valence-corrected chi connectivity index (χ2v) is 9.27. The number of carbonyl (C=O) groups excluding carboxylic acids is 1. The van der Waals surface area contributed by atoms with E-state index in [0.717, 1.165) is 49.5 Å². The minimum absolute atomic E-state index is 0.0597. The predicted molar refractivity (Wildman–Crippen MR) is 138 cm³/mol. The summed E-state index contributed by atoms with van der Waals surface area (Å²) in [4.78, 5) is 36.4. The molecular formula is C28H29N5O4. The molecule has 1 atom stereocenters. The number of urea groups is 1. The van der Waals surface area contributed by atoms with Crippen molar-refractivity contribution in [2.45, 2.75) is 19.1 Å². The van der Waals surface area contributed by atoms with Crippen molar-refractivity contribution in [2.24, 2.45) is 0 Å². The van der Waals surface area contributed by atoms with E-state index in [1.165, 1.54) is 11.9 Å². The van der Waals surface area contributed by atoms with E-state index in [1.54, 1.807) is 16.8 Å². The molecular weight excluding hydrogens is 470 g/mol. The Morgan fingerprint density at radius 1 is 1.00 bits per heavy atom. The standard InChI is InChI=1S/C28H29N5O4/c1-31-25(18-33(28(31)36)17-24-26(34)27(35)30-19-29-24)23-10-8-21(9-11-23)3-2-20-4-6-22(7-5-20)16-32-12-14-37-15-13-32/h4-11,19,25,34H,12-18H2,1H3,(H,29,30,35). The van der Waals surface area contributed by atoms with Crippen LogP contribution in [0.25, 0.3) is 0 Å². The van der Waals surface area contributed by atoms with Crippen molar-refractivity contribution in [1.29, 1.82) is 0 Å². The molecule has 2 saturated heterocycles. The summed E-state index contributed by atoms with van der Waals surface area (Å²) >= 11 is 0. The number of aromatic nitrogens is 2. The lowest BCUT2D eigenvalue weighted by Gasteiger charge is -2.26. The van der Waals surface area contributed by atoms with Gasteiger partial charge in [0.25, 0.3) is 5.56 Å². The van der Waals surface area contributed by atoms with E-state index in [4.69, 9.17) is 4.74 Å². The molecule has 0 bridgehead atoms. The summed E-state index contributed by atoms with van der Waals surface area (Å²) in [6, 6.07) is 15.9. The lowest BCUT2D eigenvalue weighted by molar-refractivity contribution is 0.0342. The summed E-state index contributed by atoms with van der Waals surface area (Å²) < 4.78 is 5.41. The van der Waals surface area contributed by atoms with Crippen LogP contribution in [0.3, 0.4) is 0 Å². The molecule has 2 aliphatic rings. The second kappa shape index (κ2) is 10.9. The summed E-state index contributed by atoms with van der Waals surface area (Å²) in [5, 5.41) is 9.96. The first kappa shape index (κ1) is 24.6. The normalized spacial score (nSPS) is 18.1. The van der Waals surface area contributed by atoms with Crippen molar-refractivity contribution in [3.05, 3.63) is 93.2 Å². The maximum atomic E-state index is 12.8. The number of aromatic hydroxyl groups is 1. The largest absolute Gasteiger partial charge is 0.502 e. The number of hydrogen-bond acceptors (Lipinski definition) is 6. The maximum Gasteiger partial charge on any atom is 0.320 e. The lowest BCUT2D eigenvalue weighted by Crippen LogP contribution is -2.35. The average molecular weight is 500 g/mol. The third-order valence-electron chi connectivity index (χ3n) is 6.79. The van der Waals surface area contributed by atoms with Gasteiger partial charge in [-0.3, -0.25) is 9.69 Å². The molecule has 9 nitrogen and oxygen atoms in total. The highest BCUT2D eigenvalue weighted by Gasteiger charge is 2.36. The zero-order chi connectivity index (χ0) is 25.8.